The molecule has 19 heavy (non-hydrogen) atoms. The van der Waals surface area contributed by atoms with Crippen LogP contribution in [0.4, 0.5) is 5.69 Å². The molecule has 0 aliphatic rings. The van der Waals surface area contributed by atoms with Crippen LogP contribution in [0.25, 0.3) is 0 Å². The minimum atomic E-state index is -3.68. The topological polar surface area (TPSA) is 94.3 Å². The average molecular weight is 297 g/mol. The Balaban J connectivity index is 2.51. The number of nitrogen functional groups attached to an aromatic ring is 1. The number of sulfone groups is 1. The van der Waals surface area contributed by atoms with Crippen molar-refractivity contribution < 1.29 is 16.8 Å². The van der Waals surface area contributed by atoms with E-state index >= 15 is 0 Å². The summed E-state index contributed by atoms with van der Waals surface area (Å²) >= 11 is 0. The van der Waals surface area contributed by atoms with Crippen LogP contribution in [0.5, 0.6) is 0 Å². The number of rotatable bonds is 3. The highest BCUT2D eigenvalue weighted by molar-refractivity contribution is 7.91. The van der Waals surface area contributed by atoms with E-state index in [9.17, 15) is 16.8 Å². The largest absolute Gasteiger partial charge is 0.399 e. The van der Waals surface area contributed by atoms with E-state index in [-0.39, 0.29) is 14.7 Å². The zero-order chi connectivity index (χ0) is 14.0. The molecular weight excluding hydrogens is 286 g/mol. The first kappa shape index (κ1) is 13.6. The van der Waals surface area contributed by atoms with Crippen LogP contribution in [0.15, 0.2) is 63.2 Å². The molecule has 0 aromatic heterocycles. The average Bonchev–Trinajstić information content (AvgIpc) is 2.39. The number of thiol groups is 1. The summed E-state index contributed by atoms with van der Waals surface area (Å²) in [5.74, 6) is 0. The fourth-order valence-electron chi connectivity index (χ4n) is 1.56. The van der Waals surface area contributed by atoms with E-state index in [4.69, 9.17) is 5.73 Å². The van der Waals surface area contributed by atoms with E-state index in [2.05, 4.69) is 0 Å². The van der Waals surface area contributed by atoms with Crippen molar-refractivity contribution in [2.45, 2.75) is 14.7 Å². The van der Waals surface area contributed by atoms with E-state index in [0.29, 0.717) is 5.69 Å². The van der Waals surface area contributed by atoms with Crippen molar-refractivity contribution in [2.75, 3.05) is 5.73 Å². The first-order valence-electron chi connectivity index (χ1n) is 5.26. The first-order chi connectivity index (χ1) is 8.91. The minimum absolute atomic E-state index is 0.0266. The standard InChI is InChI=1S/C12H11NO4S2/c13-9-2-1-3-12(8-9)19(16,17)11-6-4-10(5-7-11)18(14)15/h1-8,18H,13H2. The summed E-state index contributed by atoms with van der Waals surface area (Å²) in [5.41, 5.74) is 5.90. The van der Waals surface area contributed by atoms with Gasteiger partial charge >= 0.3 is 0 Å². The Hall–Kier alpha value is -1.86. The molecule has 2 N–H and O–H groups in total. The van der Waals surface area contributed by atoms with Gasteiger partial charge in [0, 0.05) is 5.69 Å². The van der Waals surface area contributed by atoms with Crippen LogP contribution in [0.1, 0.15) is 0 Å². The summed E-state index contributed by atoms with van der Waals surface area (Å²) in [5, 5.41) is 0. The predicted molar refractivity (Wildman–Crippen MR) is 71.3 cm³/mol. The van der Waals surface area contributed by atoms with Gasteiger partial charge in [0.1, 0.15) is 0 Å². The van der Waals surface area contributed by atoms with E-state index in [1.54, 1.807) is 12.1 Å². The Morgan fingerprint density at radius 2 is 1.53 bits per heavy atom. The van der Waals surface area contributed by atoms with E-state index in [0.717, 1.165) is 0 Å². The van der Waals surface area contributed by atoms with Gasteiger partial charge in [-0.25, -0.2) is 16.8 Å². The molecular formula is C12H11NO4S2. The second-order valence-electron chi connectivity index (χ2n) is 3.83. The van der Waals surface area contributed by atoms with Crippen molar-refractivity contribution in [3.63, 3.8) is 0 Å². The molecule has 100 valence electrons. The number of hydrogen-bond donors (Lipinski definition) is 2. The molecule has 0 fully saturated rings. The number of anilines is 1. The van der Waals surface area contributed by atoms with Crippen molar-refractivity contribution in [3.8, 4) is 0 Å². The van der Waals surface area contributed by atoms with Gasteiger partial charge in [-0.1, -0.05) is 6.07 Å². The second-order valence-corrected chi connectivity index (χ2v) is 6.81. The van der Waals surface area contributed by atoms with Crippen LogP contribution in [0.3, 0.4) is 0 Å². The van der Waals surface area contributed by atoms with E-state index in [1.165, 1.54) is 36.4 Å². The molecule has 2 rings (SSSR count). The third kappa shape index (κ3) is 2.77. The lowest BCUT2D eigenvalue weighted by molar-refractivity contribution is 0.595. The van der Waals surface area contributed by atoms with Gasteiger partial charge in [0.2, 0.25) is 9.84 Å². The van der Waals surface area contributed by atoms with Gasteiger partial charge < -0.3 is 5.73 Å². The molecule has 5 nitrogen and oxygen atoms in total. The van der Waals surface area contributed by atoms with Crippen LogP contribution in [0, 0.1) is 0 Å². The molecule has 0 aliphatic carbocycles. The molecule has 0 saturated carbocycles. The lowest BCUT2D eigenvalue weighted by Crippen LogP contribution is -2.02. The third-order valence-electron chi connectivity index (χ3n) is 2.53. The Kier molecular flexibility index (Phi) is 3.59. The molecule has 0 bridgehead atoms. The summed E-state index contributed by atoms with van der Waals surface area (Å²) < 4.78 is 46.0. The highest BCUT2D eigenvalue weighted by atomic mass is 32.2. The second kappa shape index (κ2) is 5.02. The molecule has 0 aliphatic heterocycles. The Morgan fingerprint density at radius 3 is 2.05 bits per heavy atom. The van der Waals surface area contributed by atoms with Crippen LogP contribution >= 0.6 is 0 Å². The molecule has 2 aromatic carbocycles. The van der Waals surface area contributed by atoms with E-state index < -0.39 is 20.5 Å². The smallest absolute Gasteiger partial charge is 0.206 e. The molecule has 0 amide bonds. The van der Waals surface area contributed by atoms with Gasteiger partial charge in [-0.2, -0.15) is 0 Å². The number of benzene rings is 2. The van der Waals surface area contributed by atoms with Crippen molar-refractivity contribution in [2.24, 2.45) is 0 Å². The fraction of sp³-hybridized carbons (Fsp3) is 0. The van der Waals surface area contributed by atoms with Gasteiger partial charge in [0.15, 0.2) is 10.7 Å². The summed E-state index contributed by atoms with van der Waals surface area (Å²) in [4.78, 5) is 0.173. The lowest BCUT2D eigenvalue weighted by atomic mass is 10.3. The predicted octanol–water partition coefficient (Wildman–Crippen LogP) is 1.07. The molecule has 0 spiro atoms. The summed E-state index contributed by atoms with van der Waals surface area (Å²) in [6, 6.07) is 11.0. The van der Waals surface area contributed by atoms with Crippen LogP contribution in [-0.4, -0.2) is 16.8 Å². The van der Waals surface area contributed by atoms with Gasteiger partial charge in [-0.15, -0.1) is 0 Å². The Morgan fingerprint density at radius 1 is 0.895 bits per heavy atom. The maximum absolute atomic E-state index is 12.3. The number of nitrogens with two attached hydrogens (primary N) is 1. The van der Waals surface area contributed by atoms with Crippen LogP contribution in [-0.2, 0) is 20.5 Å². The highest BCUT2D eigenvalue weighted by Gasteiger charge is 2.17. The Labute approximate surface area is 112 Å². The first-order valence-corrected chi connectivity index (χ1v) is 7.92. The maximum Gasteiger partial charge on any atom is 0.206 e. The van der Waals surface area contributed by atoms with Crippen molar-refractivity contribution in [1.29, 1.82) is 0 Å². The molecule has 0 atom stereocenters. The zero-order valence-corrected chi connectivity index (χ0v) is 11.4. The fourth-order valence-corrected chi connectivity index (χ4v) is 3.27. The van der Waals surface area contributed by atoms with Crippen molar-refractivity contribution in [3.05, 3.63) is 48.5 Å². The normalized spacial score (nSPS) is 11.6. The van der Waals surface area contributed by atoms with Crippen LogP contribution in [0.2, 0.25) is 0 Å². The van der Waals surface area contributed by atoms with Gasteiger partial charge in [-0.05, 0) is 42.5 Å². The molecule has 0 saturated heterocycles. The minimum Gasteiger partial charge on any atom is -0.399 e. The van der Waals surface area contributed by atoms with E-state index in [1.807, 2.05) is 0 Å². The summed E-state index contributed by atoms with van der Waals surface area (Å²) in [6.07, 6.45) is 0. The third-order valence-corrected chi connectivity index (χ3v) is 5.01. The van der Waals surface area contributed by atoms with Gasteiger partial charge in [-0.3, -0.25) is 0 Å². The maximum atomic E-state index is 12.3. The summed E-state index contributed by atoms with van der Waals surface area (Å²) in [7, 11) is -6.40. The molecule has 2 aromatic rings. The quantitative estimate of drug-likeness (QED) is 0.653. The molecule has 0 heterocycles. The molecule has 0 unspecified atom stereocenters. The SMILES string of the molecule is Nc1cccc(S(=O)(=O)c2ccc([SH](=O)=O)cc2)c1. The molecule has 0 radical (unpaired) electrons. The monoisotopic (exact) mass is 297 g/mol. The Bertz CT molecular complexity index is 770. The van der Waals surface area contributed by atoms with Crippen LogP contribution < -0.4 is 5.73 Å². The molecule has 7 heteroatoms. The zero-order valence-electron chi connectivity index (χ0n) is 9.68. The van der Waals surface area contributed by atoms with Gasteiger partial charge in [0.25, 0.3) is 0 Å². The lowest BCUT2D eigenvalue weighted by Gasteiger charge is -2.05. The summed E-state index contributed by atoms with van der Waals surface area (Å²) in [6.45, 7) is 0. The van der Waals surface area contributed by atoms with Gasteiger partial charge in [0.05, 0.1) is 14.7 Å². The number of hydrogen-bond acceptors (Lipinski definition) is 5. The highest BCUT2D eigenvalue weighted by Crippen LogP contribution is 2.22. The van der Waals surface area contributed by atoms with Crippen molar-refractivity contribution >= 4 is 26.2 Å². The van der Waals surface area contributed by atoms with Crippen molar-refractivity contribution in [1.82, 2.24) is 0 Å².